The van der Waals surface area contributed by atoms with E-state index in [9.17, 15) is 0 Å². The molecule has 0 radical (unpaired) electrons. The quantitative estimate of drug-likeness (QED) is 0.623. The highest BCUT2D eigenvalue weighted by Gasteiger charge is 2.37. The van der Waals surface area contributed by atoms with Crippen LogP contribution >= 0.6 is 0 Å². The molecule has 12 heavy (non-hydrogen) atoms. The van der Waals surface area contributed by atoms with E-state index in [0.29, 0.717) is 0 Å². The molecular weight excluding hydrogens is 148 g/mol. The highest BCUT2D eigenvalue weighted by molar-refractivity contribution is 5.36. The highest BCUT2D eigenvalue weighted by Crippen LogP contribution is 2.35. The fraction of sp³-hybridized carbons (Fsp3) is 0.500. The molecule has 2 nitrogen and oxygen atoms in total. The molecular formula is C10H14N2. The predicted molar refractivity (Wildman–Crippen MR) is 48.9 cm³/mol. The van der Waals surface area contributed by atoms with Crippen LogP contribution in [0.2, 0.25) is 0 Å². The first kappa shape index (κ1) is 7.74. The maximum absolute atomic E-state index is 6.02. The van der Waals surface area contributed by atoms with Crippen molar-refractivity contribution in [2.75, 3.05) is 0 Å². The Morgan fingerprint density at radius 3 is 3.00 bits per heavy atom. The number of pyridine rings is 1. The summed E-state index contributed by atoms with van der Waals surface area (Å²) >= 11 is 0. The van der Waals surface area contributed by atoms with Gasteiger partial charge in [0.1, 0.15) is 0 Å². The number of fused-ring (bicyclic) bond motifs is 1. The van der Waals surface area contributed by atoms with E-state index in [1.165, 1.54) is 11.3 Å². The highest BCUT2D eigenvalue weighted by atomic mass is 14.8. The SMILES string of the molecule is CC1(C)c2cccnc2C[C@H]1N. The third-order valence-corrected chi connectivity index (χ3v) is 2.92. The summed E-state index contributed by atoms with van der Waals surface area (Å²) in [7, 11) is 0. The first-order chi connectivity index (χ1) is 5.62. The molecule has 1 aliphatic rings. The van der Waals surface area contributed by atoms with E-state index in [1.54, 1.807) is 0 Å². The smallest absolute Gasteiger partial charge is 0.0457 e. The van der Waals surface area contributed by atoms with Crippen molar-refractivity contribution in [2.24, 2.45) is 5.73 Å². The van der Waals surface area contributed by atoms with E-state index in [4.69, 9.17) is 5.73 Å². The van der Waals surface area contributed by atoms with Crippen LogP contribution in [0.4, 0.5) is 0 Å². The van der Waals surface area contributed by atoms with Gasteiger partial charge in [-0.15, -0.1) is 0 Å². The Morgan fingerprint density at radius 1 is 1.58 bits per heavy atom. The summed E-state index contributed by atoms with van der Waals surface area (Å²) in [6, 6.07) is 4.34. The molecule has 1 aliphatic carbocycles. The Hall–Kier alpha value is -0.890. The molecule has 64 valence electrons. The molecule has 0 bridgehead atoms. The maximum atomic E-state index is 6.02. The molecule has 0 spiro atoms. The minimum absolute atomic E-state index is 0.101. The van der Waals surface area contributed by atoms with Gasteiger partial charge >= 0.3 is 0 Å². The zero-order chi connectivity index (χ0) is 8.77. The van der Waals surface area contributed by atoms with E-state index < -0.39 is 0 Å². The molecule has 0 aromatic carbocycles. The van der Waals surface area contributed by atoms with Crippen molar-refractivity contribution in [3.05, 3.63) is 29.6 Å². The van der Waals surface area contributed by atoms with Gasteiger partial charge in [-0.25, -0.2) is 0 Å². The first-order valence-electron chi connectivity index (χ1n) is 4.32. The van der Waals surface area contributed by atoms with Gasteiger partial charge in [0.15, 0.2) is 0 Å². The van der Waals surface area contributed by atoms with Gasteiger partial charge < -0.3 is 5.73 Å². The van der Waals surface area contributed by atoms with Gasteiger partial charge in [-0.05, 0) is 11.6 Å². The standard InChI is InChI=1S/C10H14N2/c1-10(2)7-4-3-5-12-8(7)6-9(10)11/h3-5,9H,6,11H2,1-2H3/t9-/m1/s1. The van der Waals surface area contributed by atoms with Crippen molar-refractivity contribution >= 4 is 0 Å². The summed E-state index contributed by atoms with van der Waals surface area (Å²) in [5, 5.41) is 0. The van der Waals surface area contributed by atoms with Crippen molar-refractivity contribution in [1.29, 1.82) is 0 Å². The van der Waals surface area contributed by atoms with Crippen molar-refractivity contribution in [3.8, 4) is 0 Å². The second-order valence-corrected chi connectivity index (χ2v) is 4.03. The Bertz CT molecular complexity index is 304. The molecule has 0 fully saturated rings. The zero-order valence-electron chi connectivity index (χ0n) is 7.54. The largest absolute Gasteiger partial charge is 0.327 e. The Kier molecular flexibility index (Phi) is 1.48. The molecule has 1 aromatic rings. The molecule has 1 atom stereocenters. The van der Waals surface area contributed by atoms with E-state index >= 15 is 0 Å². The van der Waals surface area contributed by atoms with Crippen LogP contribution in [-0.4, -0.2) is 11.0 Å². The molecule has 2 rings (SSSR count). The van der Waals surface area contributed by atoms with Gasteiger partial charge in [-0.1, -0.05) is 19.9 Å². The van der Waals surface area contributed by atoms with E-state index in [-0.39, 0.29) is 11.5 Å². The summed E-state index contributed by atoms with van der Waals surface area (Å²) in [5.74, 6) is 0. The molecule has 1 aromatic heterocycles. The van der Waals surface area contributed by atoms with Crippen LogP contribution in [0.25, 0.3) is 0 Å². The van der Waals surface area contributed by atoms with Crippen molar-refractivity contribution in [1.82, 2.24) is 4.98 Å². The van der Waals surface area contributed by atoms with Gasteiger partial charge in [0.05, 0.1) is 0 Å². The van der Waals surface area contributed by atoms with Gasteiger partial charge in [-0.2, -0.15) is 0 Å². The summed E-state index contributed by atoms with van der Waals surface area (Å²) in [6.45, 7) is 4.37. The molecule has 0 saturated heterocycles. The second-order valence-electron chi connectivity index (χ2n) is 4.03. The summed E-state index contributed by atoms with van der Waals surface area (Å²) in [6.07, 6.45) is 2.76. The Labute approximate surface area is 72.8 Å². The fourth-order valence-corrected chi connectivity index (χ4v) is 1.85. The average molecular weight is 162 g/mol. The molecule has 1 heterocycles. The lowest BCUT2D eigenvalue weighted by Crippen LogP contribution is -2.36. The lowest BCUT2D eigenvalue weighted by atomic mass is 9.84. The van der Waals surface area contributed by atoms with E-state index in [2.05, 4.69) is 24.9 Å². The predicted octanol–water partition coefficient (Wildman–Crippen LogP) is 1.24. The van der Waals surface area contributed by atoms with Gasteiger partial charge in [-0.3, -0.25) is 4.98 Å². The molecule has 0 amide bonds. The molecule has 2 heteroatoms. The molecule has 0 aliphatic heterocycles. The van der Waals surface area contributed by atoms with Gasteiger partial charge in [0.2, 0.25) is 0 Å². The van der Waals surface area contributed by atoms with Crippen LogP contribution < -0.4 is 5.73 Å². The third-order valence-electron chi connectivity index (χ3n) is 2.92. The number of nitrogens with two attached hydrogens (primary N) is 1. The van der Waals surface area contributed by atoms with Crippen LogP contribution in [0.1, 0.15) is 25.1 Å². The molecule has 2 N–H and O–H groups in total. The maximum Gasteiger partial charge on any atom is 0.0457 e. The zero-order valence-corrected chi connectivity index (χ0v) is 7.54. The Morgan fingerprint density at radius 2 is 2.33 bits per heavy atom. The molecule has 0 unspecified atom stereocenters. The average Bonchev–Trinajstić information content (AvgIpc) is 2.25. The number of hydrogen-bond donors (Lipinski definition) is 1. The van der Waals surface area contributed by atoms with Crippen molar-refractivity contribution in [3.63, 3.8) is 0 Å². The summed E-state index contributed by atoms with van der Waals surface area (Å²) < 4.78 is 0. The number of aromatic nitrogens is 1. The minimum atomic E-state index is 0.101. The summed E-state index contributed by atoms with van der Waals surface area (Å²) in [4.78, 5) is 4.33. The normalized spacial score (nSPS) is 25.4. The lowest BCUT2D eigenvalue weighted by molar-refractivity contribution is 0.445. The van der Waals surface area contributed by atoms with E-state index in [0.717, 1.165) is 6.42 Å². The summed E-state index contributed by atoms with van der Waals surface area (Å²) in [5.41, 5.74) is 8.62. The monoisotopic (exact) mass is 162 g/mol. The van der Waals surface area contributed by atoms with Crippen LogP contribution in [0.15, 0.2) is 18.3 Å². The van der Waals surface area contributed by atoms with Gasteiger partial charge in [0.25, 0.3) is 0 Å². The topological polar surface area (TPSA) is 38.9 Å². The van der Waals surface area contributed by atoms with Crippen molar-refractivity contribution in [2.45, 2.75) is 31.7 Å². The fourth-order valence-electron chi connectivity index (χ4n) is 1.85. The second kappa shape index (κ2) is 2.30. The van der Waals surface area contributed by atoms with Crippen LogP contribution in [0, 0.1) is 0 Å². The number of nitrogens with zero attached hydrogens (tertiary/aromatic N) is 1. The number of hydrogen-bond acceptors (Lipinski definition) is 2. The lowest BCUT2D eigenvalue weighted by Gasteiger charge is -2.24. The van der Waals surface area contributed by atoms with Crippen LogP contribution in [0.3, 0.4) is 0 Å². The first-order valence-corrected chi connectivity index (χ1v) is 4.32. The Balaban J connectivity index is 2.55. The molecule has 0 saturated carbocycles. The van der Waals surface area contributed by atoms with Crippen molar-refractivity contribution < 1.29 is 0 Å². The van der Waals surface area contributed by atoms with Gasteiger partial charge in [0, 0.05) is 29.8 Å². The van der Waals surface area contributed by atoms with Crippen LogP contribution in [-0.2, 0) is 11.8 Å². The third kappa shape index (κ3) is 0.879. The van der Waals surface area contributed by atoms with Crippen LogP contribution in [0.5, 0.6) is 0 Å². The number of rotatable bonds is 0. The van der Waals surface area contributed by atoms with E-state index in [1.807, 2.05) is 12.3 Å². The minimum Gasteiger partial charge on any atom is -0.327 e.